The van der Waals surface area contributed by atoms with E-state index in [0.717, 1.165) is 16.8 Å². The van der Waals surface area contributed by atoms with Gasteiger partial charge in [0.1, 0.15) is 0 Å². The molecule has 0 spiro atoms. The number of nitrogens with zero attached hydrogens (tertiary/aromatic N) is 1. The molecule has 4 nitrogen and oxygen atoms in total. The molecule has 4 rings (SSSR count). The van der Waals surface area contributed by atoms with Crippen molar-refractivity contribution in [2.24, 2.45) is 0 Å². The van der Waals surface area contributed by atoms with Crippen LogP contribution < -0.4 is 29.6 Å². The number of aromatic amines is 1. The van der Waals surface area contributed by atoms with Gasteiger partial charge in [-0.1, -0.05) is 42.6 Å². The van der Waals surface area contributed by atoms with Gasteiger partial charge in [0.05, 0.1) is 5.56 Å². The predicted molar refractivity (Wildman–Crippen MR) is 93.8 cm³/mol. The maximum absolute atomic E-state index is 10.2. The quantitative estimate of drug-likeness (QED) is 0.429. The molecule has 25 heavy (non-hydrogen) atoms. The number of carboxylic acids is 1. The predicted octanol–water partition coefficient (Wildman–Crippen LogP) is 1.42. The van der Waals surface area contributed by atoms with Gasteiger partial charge in [-0.25, -0.2) is 16.9 Å². The van der Waals surface area contributed by atoms with Crippen LogP contribution >= 0.6 is 0 Å². The summed E-state index contributed by atoms with van der Waals surface area (Å²) in [5.41, 5.74) is 3.63. The van der Waals surface area contributed by atoms with Crippen molar-refractivity contribution in [3.05, 3.63) is 90.8 Å². The van der Waals surface area contributed by atoms with Gasteiger partial charge in [0, 0.05) is 5.52 Å². The maximum atomic E-state index is 10.2. The molecule has 0 amide bonds. The van der Waals surface area contributed by atoms with E-state index >= 15 is 0 Å². The zero-order chi connectivity index (χ0) is 16.8. The number of fused-ring (bicyclic) bond motifs is 1. The standard InChI is InChI=1S/C13H9N2.C7H6O2.Na/c1-2-6-12-10(4-1)8-13(15-12)11-5-3-7-14-9-11;8-7(9)6-4-2-1-3-5-6;/h1-2,4-9,15H;1-5H,(H,8,9);/q-1;;+1. The number of hydrogen-bond donors (Lipinski definition) is 2. The molecule has 0 radical (unpaired) electrons. The van der Waals surface area contributed by atoms with Crippen LogP contribution in [0.25, 0.3) is 22.2 Å². The Hall–Kier alpha value is -2.40. The zero-order valence-electron chi connectivity index (χ0n) is 13.8. The fourth-order valence-electron chi connectivity index (χ4n) is 2.28. The Morgan fingerprint density at radius 1 is 1.04 bits per heavy atom. The second kappa shape index (κ2) is 9.18. The number of hydrogen-bond acceptors (Lipinski definition) is 2. The second-order valence-corrected chi connectivity index (χ2v) is 5.12. The minimum Gasteiger partial charge on any atom is -0.478 e. The van der Waals surface area contributed by atoms with E-state index in [1.165, 1.54) is 5.39 Å². The van der Waals surface area contributed by atoms with Crippen LogP contribution in [0, 0.1) is 6.07 Å². The third-order valence-corrected chi connectivity index (χ3v) is 3.46. The van der Waals surface area contributed by atoms with Crippen LogP contribution in [0.4, 0.5) is 0 Å². The van der Waals surface area contributed by atoms with Gasteiger partial charge in [0.15, 0.2) is 0 Å². The first-order valence-corrected chi connectivity index (χ1v) is 7.41. The molecule has 0 aliphatic rings. The molecule has 118 valence electrons. The van der Waals surface area contributed by atoms with Crippen molar-refractivity contribution in [3.8, 4) is 11.3 Å². The molecular formula is C20H15N2NaO2. The molecule has 0 bridgehead atoms. The van der Waals surface area contributed by atoms with Crippen molar-refractivity contribution in [2.45, 2.75) is 0 Å². The zero-order valence-corrected chi connectivity index (χ0v) is 15.8. The monoisotopic (exact) mass is 338 g/mol. The summed E-state index contributed by atoms with van der Waals surface area (Å²) < 4.78 is 0. The molecule has 2 aromatic heterocycles. The number of nitrogens with one attached hydrogen (secondary N) is 1. The van der Waals surface area contributed by atoms with Gasteiger partial charge in [-0.2, -0.15) is 0 Å². The van der Waals surface area contributed by atoms with Gasteiger partial charge >= 0.3 is 35.5 Å². The Balaban J connectivity index is 0.000000196. The second-order valence-electron chi connectivity index (χ2n) is 5.12. The summed E-state index contributed by atoms with van der Waals surface area (Å²) in [5.74, 6) is -0.879. The van der Waals surface area contributed by atoms with Crippen molar-refractivity contribution in [1.29, 1.82) is 0 Å². The van der Waals surface area contributed by atoms with Gasteiger partial charge in [-0.15, -0.1) is 5.56 Å². The van der Waals surface area contributed by atoms with E-state index in [9.17, 15) is 4.79 Å². The van der Waals surface area contributed by atoms with E-state index in [-0.39, 0.29) is 29.6 Å². The molecule has 2 aromatic carbocycles. The number of aromatic carboxylic acids is 1. The Kier molecular flexibility index (Phi) is 6.95. The van der Waals surface area contributed by atoms with Crippen molar-refractivity contribution >= 4 is 16.9 Å². The summed E-state index contributed by atoms with van der Waals surface area (Å²) in [7, 11) is 0. The Morgan fingerprint density at radius 3 is 2.36 bits per heavy atom. The number of pyridine rings is 1. The molecule has 0 fully saturated rings. The van der Waals surface area contributed by atoms with Crippen LogP contribution in [0.15, 0.2) is 79.1 Å². The molecule has 2 N–H and O–H groups in total. The number of para-hydroxylation sites is 1. The summed E-state index contributed by atoms with van der Waals surface area (Å²) in [6.45, 7) is 0. The Morgan fingerprint density at radius 2 is 1.76 bits per heavy atom. The minimum absolute atomic E-state index is 0. The molecule has 4 aromatic rings. The fraction of sp³-hybridized carbons (Fsp3) is 0. The summed E-state index contributed by atoms with van der Waals surface area (Å²) in [6, 6.07) is 23.5. The first kappa shape index (κ1) is 18.9. The number of benzene rings is 2. The minimum atomic E-state index is -0.879. The van der Waals surface area contributed by atoms with Gasteiger partial charge in [0.25, 0.3) is 0 Å². The van der Waals surface area contributed by atoms with E-state index in [1.807, 2.05) is 24.4 Å². The Bertz CT molecular complexity index is 905. The molecular weight excluding hydrogens is 323 g/mol. The summed E-state index contributed by atoms with van der Waals surface area (Å²) in [4.78, 5) is 17.6. The topological polar surface area (TPSA) is 66.0 Å². The fourth-order valence-corrected chi connectivity index (χ4v) is 2.28. The van der Waals surface area contributed by atoms with Crippen LogP contribution in [0.2, 0.25) is 0 Å². The third kappa shape index (κ3) is 5.03. The average molecular weight is 338 g/mol. The summed E-state index contributed by atoms with van der Waals surface area (Å²) in [6.07, 6.45) is 3.49. The largest absolute Gasteiger partial charge is 1.00 e. The van der Waals surface area contributed by atoms with Gasteiger partial charge in [-0.05, 0) is 41.5 Å². The van der Waals surface area contributed by atoms with E-state index in [1.54, 1.807) is 36.5 Å². The van der Waals surface area contributed by atoms with Gasteiger partial charge in [0.2, 0.25) is 0 Å². The molecule has 2 heterocycles. The van der Waals surface area contributed by atoms with Gasteiger partial charge < -0.3 is 15.1 Å². The SMILES string of the molecule is O=C(O)c1ccccc1.[Na+].[c-]1cncc(-c2cc3ccccc3[nH]2)c1. The van der Waals surface area contributed by atoms with Crippen molar-refractivity contribution in [1.82, 2.24) is 9.97 Å². The molecule has 0 saturated carbocycles. The number of H-pyrrole nitrogens is 1. The van der Waals surface area contributed by atoms with Gasteiger partial charge in [-0.3, -0.25) is 0 Å². The van der Waals surface area contributed by atoms with Crippen molar-refractivity contribution in [2.75, 3.05) is 0 Å². The number of aromatic nitrogens is 2. The molecule has 0 saturated heterocycles. The number of carboxylic acid groups (broad SMARTS) is 1. The van der Waals surface area contributed by atoms with Crippen LogP contribution in [0.3, 0.4) is 0 Å². The number of carbonyl (C=O) groups is 1. The number of rotatable bonds is 2. The normalized spacial score (nSPS) is 9.60. The van der Waals surface area contributed by atoms with Crippen LogP contribution in [0.5, 0.6) is 0 Å². The van der Waals surface area contributed by atoms with E-state index in [2.05, 4.69) is 34.2 Å². The van der Waals surface area contributed by atoms with Crippen LogP contribution in [0.1, 0.15) is 10.4 Å². The van der Waals surface area contributed by atoms with Crippen LogP contribution in [-0.2, 0) is 0 Å². The third-order valence-electron chi connectivity index (χ3n) is 3.46. The molecule has 0 atom stereocenters. The van der Waals surface area contributed by atoms with Crippen molar-refractivity contribution in [3.63, 3.8) is 0 Å². The Labute approximate surface area is 167 Å². The summed E-state index contributed by atoms with van der Waals surface area (Å²) in [5, 5.41) is 9.60. The molecule has 0 aliphatic heterocycles. The first-order valence-electron chi connectivity index (χ1n) is 7.41. The molecule has 0 unspecified atom stereocenters. The van der Waals surface area contributed by atoms with E-state index in [4.69, 9.17) is 5.11 Å². The van der Waals surface area contributed by atoms with Crippen LogP contribution in [-0.4, -0.2) is 21.0 Å². The molecule has 5 heteroatoms. The van der Waals surface area contributed by atoms with Crippen molar-refractivity contribution < 1.29 is 39.5 Å². The average Bonchev–Trinajstić information content (AvgIpc) is 3.08. The smallest absolute Gasteiger partial charge is 0.478 e. The van der Waals surface area contributed by atoms with E-state index < -0.39 is 5.97 Å². The maximum Gasteiger partial charge on any atom is 1.00 e. The molecule has 0 aliphatic carbocycles. The first-order chi connectivity index (χ1) is 11.7. The van der Waals surface area contributed by atoms with E-state index in [0.29, 0.717) is 5.56 Å². The summed E-state index contributed by atoms with van der Waals surface area (Å²) >= 11 is 0.